The van der Waals surface area contributed by atoms with Crippen LogP contribution in [-0.4, -0.2) is 29.1 Å². The number of anilines is 1. The van der Waals surface area contributed by atoms with Gasteiger partial charge in [0.1, 0.15) is 5.82 Å². The van der Waals surface area contributed by atoms with Gasteiger partial charge in [0.25, 0.3) is 0 Å². The molecule has 5 heteroatoms. The lowest BCUT2D eigenvalue weighted by Gasteiger charge is -2.31. The van der Waals surface area contributed by atoms with E-state index in [9.17, 15) is 4.39 Å². The van der Waals surface area contributed by atoms with Gasteiger partial charge in [-0.2, -0.15) is 0 Å². The fourth-order valence-electron chi connectivity index (χ4n) is 2.72. The van der Waals surface area contributed by atoms with Crippen LogP contribution < -0.4 is 10.2 Å². The van der Waals surface area contributed by atoms with Crippen molar-refractivity contribution in [2.75, 3.05) is 18.0 Å². The van der Waals surface area contributed by atoms with Gasteiger partial charge < -0.3 is 15.2 Å². The molecule has 0 bridgehead atoms. The average molecular weight is 274 g/mol. The van der Waals surface area contributed by atoms with Crippen molar-refractivity contribution in [3.63, 3.8) is 0 Å². The number of nitrogens with zero attached hydrogens (tertiary/aromatic N) is 2. The first-order valence-electron chi connectivity index (χ1n) is 7.01. The third kappa shape index (κ3) is 2.67. The Morgan fingerprint density at radius 3 is 3.15 bits per heavy atom. The minimum Gasteiger partial charge on any atom is -0.370 e. The standard InChI is InChI=1S/C15H19FN4/c1-2-20(13-5-3-4-11(16)6-13)9-12-7-14-15(8-17-12)19-10-18-14/h3-6,10,12,17H,2,7-9H2,1H3,(H,18,19). The maximum absolute atomic E-state index is 13.3. The third-order valence-corrected chi connectivity index (χ3v) is 3.81. The summed E-state index contributed by atoms with van der Waals surface area (Å²) in [4.78, 5) is 9.69. The summed E-state index contributed by atoms with van der Waals surface area (Å²) in [7, 11) is 0. The molecule has 1 atom stereocenters. The SMILES string of the molecule is CCN(CC1Cc2nc[nH]c2CN1)c1cccc(F)c1. The van der Waals surface area contributed by atoms with E-state index < -0.39 is 0 Å². The molecule has 1 aliphatic rings. The summed E-state index contributed by atoms with van der Waals surface area (Å²) >= 11 is 0. The number of fused-ring (bicyclic) bond motifs is 1. The van der Waals surface area contributed by atoms with Crippen LogP contribution in [0.3, 0.4) is 0 Å². The molecule has 0 aliphatic carbocycles. The van der Waals surface area contributed by atoms with Gasteiger partial charge in [-0.15, -0.1) is 0 Å². The topological polar surface area (TPSA) is 44.0 Å². The Bertz CT molecular complexity index is 581. The number of hydrogen-bond acceptors (Lipinski definition) is 3. The van der Waals surface area contributed by atoms with Crippen LogP contribution in [-0.2, 0) is 13.0 Å². The Labute approximate surface area is 118 Å². The molecule has 2 N–H and O–H groups in total. The van der Waals surface area contributed by atoms with Crippen molar-refractivity contribution < 1.29 is 4.39 Å². The number of likely N-dealkylation sites (N-methyl/N-ethyl adjacent to an activating group) is 1. The average Bonchev–Trinajstić information content (AvgIpc) is 2.92. The number of benzene rings is 1. The first-order chi connectivity index (χ1) is 9.76. The maximum atomic E-state index is 13.3. The molecule has 20 heavy (non-hydrogen) atoms. The minimum atomic E-state index is -0.188. The third-order valence-electron chi connectivity index (χ3n) is 3.81. The summed E-state index contributed by atoms with van der Waals surface area (Å²) in [5.74, 6) is -0.188. The van der Waals surface area contributed by atoms with Crippen LogP contribution in [0.25, 0.3) is 0 Å². The molecule has 1 aromatic carbocycles. The highest BCUT2D eigenvalue weighted by atomic mass is 19.1. The number of aromatic amines is 1. The molecule has 0 radical (unpaired) electrons. The second-order valence-electron chi connectivity index (χ2n) is 5.13. The molecule has 2 heterocycles. The van der Waals surface area contributed by atoms with Crippen molar-refractivity contribution in [1.29, 1.82) is 0 Å². The van der Waals surface area contributed by atoms with E-state index in [1.54, 1.807) is 18.5 Å². The molecule has 4 nitrogen and oxygen atoms in total. The van der Waals surface area contributed by atoms with E-state index >= 15 is 0 Å². The van der Waals surface area contributed by atoms with Gasteiger partial charge in [-0.1, -0.05) is 6.07 Å². The molecule has 1 aliphatic heterocycles. The summed E-state index contributed by atoms with van der Waals surface area (Å²) in [6.07, 6.45) is 2.66. The molecule has 0 saturated carbocycles. The van der Waals surface area contributed by atoms with Gasteiger partial charge >= 0.3 is 0 Å². The Hall–Kier alpha value is -1.88. The van der Waals surface area contributed by atoms with Crippen LogP contribution >= 0.6 is 0 Å². The van der Waals surface area contributed by atoms with E-state index in [0.29, 0.717) is 6.04 Å². The van der Waals surface area contributed by atoms with Crippen LogP contribution in [0.4, 0.5) is 10.1 Å². The van der Waals surface area contributed by atoms with Crippen LogP contribution in [0, 0.1) is 5.82 Å². The molecule has 3 rings (SSSR count). The monoisotopic (exact) mass is 274 g/mol. The van der Waals surface area contributed by atoms with Crippen LogP contribution in [0.15, 0.2) is 30.6 Å². The van der Waals surface area contributed by atoms with Crippen molar-refractivity contribution in [2.45, 2.75) is 25.9 Å². The number of aromatic nitrogens is 2. The Kier molecular flexibility index (Phi) is 3.69. The predicted molar refractivity (Wildman–Crippen MR) is 77.2 cm³/mol. The Morgan fingerprint density at radius 2 is 2.35 bits per heavy atom. The maximum Gasteiger partial charge on any atom is 0.125 e. The number of rotatable bonds is 4. The number of halogens is 1. The van der Waals surface area contributed by atoms with Crippen molar-refractivity contribution in [3.05, 3.63) is 47.8 Å². The molecule has 1 aromatic heterocycles. The lowest BCUT2D eigenvalue weighted by atomic mass is 10.0. The number of imidazole rings is 1. The zero-order chi connectivity index (χ0) is 13.9. The van der Waals surface area contributed by atoms with Gasteiger partial charge in [-0.3, -0.25) is 0 Å². The Balaban J connectivity index is 1.70. The molecule has 1 unspecified atom stereocenters. The molecule has 0 fully saturated rings. The number of H-pyrrole nitrogens is 1. The highest BCUT2D eigenvalue weighted by Gasteiger charge is 2.21. The molecule has 2 aromatic rings. The zero-order valence-electron chi connectivity index (χ0n) is 11.6. The van der Waals surface area contributed by atoms with Gasteiger partial charge in [-0.05, 0) is 25.1 Å². The van der Waals surface area contributed by atoms with Crippen LogP contribution in [0.2, 0.25) is 0 Å². The highest BCUT2D eigenvalue weighted by Crippen LogP contribution is 2.18. The van der Waals surface area contributed by atoms with E-state index in [4.69, 9.17) is 0 Å². The smallest absolute Gasteiger partial charge is 0.125 e. The van der Waals surface area contributed by atoms with Crippen molar-refractivity contribution in [3.8, 4) is 0 Å². The van der Waals surface area contributed by atoms with Crippen molar-refractivity contribution >= 4 is 5.69 Å². The van der Waals surface area contributed by atoms with E-state index in [0.717, 1.165) is 37.4 Å². The van der Waals surface area contributed by atoms with Crippen LogP contribution in [0.1, 0.15) is 18.3 Å². The van der Waals surface area contributed by atoms with Gasteiger partial charge in [0.15, 0.2) is 0 Å². The van der Waals surface area contributed by atoms with E-state index in [2.05, 4.69) is 27.1 Å². The normalized spacial score (nSPS) is 17.8. The summed E-state index contributed by atoms with van der Waals surface area (Å²) in [5.41, 5.74) is 3.25. The second kappa shape index (κ2) is 5.63. The van der Waals surface area contributed by atoms with Gasteiger partial charge in [0, 0.05) is 37.8 Å². The van der Waals surface area contributed by atoms with Gasteiger partial charge in [0.2, 0.25) is 0 Å². The van der Waals surface area contributed by atoms with Crippen LogP contribution in [0.5, 0.6) is 0 Å². The highest BCUT2D eigenvalue weighted by molar-refractivity contribution is 5.46. The fourth-order valence-corrected chi connectivity index (χ4v) is 2.72. The molecular weight excluding hydrogens is 255 g/mol. The molecule has 0 saturated heterocycles. The summed E-state index contributed by atoms with van der Waals surface area (Å²) in [6, 6.07) is 7.12. The predicted octanol–water partition coefficient (Wildman–Crippen LogP) is 2.09. The summed E-state index contributed by atoms with van der Waals surface area (Å²) in [6.45, 7) is 4.62. The van der Waals surface area contributed by atoms with Gasteiger partial charge in [0.05, 0.1) is 17.7 Å². The van der Waals surface area contributed by atoms with E-state index in [-0.39, 0.29) is 5.82 Å². The molecule has 0 spiro atoms. The van der Waals surface area contributed by atoms with Gasteiger partial charge in [-0.25, -0.2) is 9.37 Å². The fraction of sp³-hybridized carbons (Fsp3) is 0.400. The van der Waals surface area contributed by atoms with E-state index in [1.165, 1.54) is 11.8 Å². The van der Waals surface area contributed by atoms with E-state index in [1.807, 2.05) is 6.07 Å². The Morgan fingerprint density at radius 1 is 1.45 bits per heavy atom. The minimum absolute atomic E-state index is 0.188. The number of nitrogens with one attached hydrogen (secondary N) is 2. The first kappa shape index (κ1) is 13.1. The largest absolute Gasteiger partial charge is 0.370 e. The molecule has 0 amide bonds. The van der Waals surface area contributed by atoms with Crippen molar-refractivity contribution in [1.82, 2.24) is 15.3 Å². The van der Waals surface area contributed by atoms with Crippen molar-refractivity contribution in [2.24, 2.45) is 0 Å². The first-order valence-corrected chi connectivity index (χ1v) is 7.01. The summed E-state index contributed by atoms with van der Waals surface area (Å²) in [5, 5.41) is 3.50. The lowest BCUT2D eigenvalue weighted by molar-refractivity contribution is 0.466. The second-order valence-corrected chi connectivity index (χ2v) is 5.13. The molecule has 106 valence electrons. The lowest BCUT2D eigenvalue weighted by Crippen LogP contribution is -2.45. The summed E-state index contributed by atoms with van der Waals surface area (Å²) < 4.78 is 13.3. The quantitative estimate of drug-likeness (QED) is 0.897. The zero-order valence-corrected chi connectivity index (χ0v) is 11.6. The molecular formula is C15H19FN4. The number of hydrogen-bond donors (Lipinski definition) is 2.